The van der Waals surface area contributed by atoms with Crippen molar-refractivity contribution >= 4 is 11.7 Å². The van der Waals surface area contributed by atoms with Crippen LogP contribution in [0.15, 0.2) is 6.07 Å². The Morgan fingerprint density at radius 3 is 2.87 bits per heavy atom. The van der Waals surface area contributed by atoms with E-state index in [1.54, 1.807) is 13.1 Å². The first-order valence-corrected chi connectivity index (χ1v) is 5.23. The molecule has 0 saturated carbocycles. The third-order valence-corrected chi connectivity index (χ3v) is 2.22. The predicted octanol–water partition coefficient (Wildman–Crippen LogP) is 1.12. The molecular weight excluding hydrogens is 192 g/mol. The molecule has 0 aromatic carbocycles. The van der Waals surface area contributed by atoms with Crippen molar-refractivity contribution in [1.82, 2.24) is 9.78 Å². The lowest BCUT2D eigenvalue weighted by Crippen LogP contribution is -2.15. The Balaban J connectivity index is 2.48. The molecule has 0 spiro atoms. The highest BCUT2D eigenvalue weighted by atomic mass is 16.1. The summed E-state index contributed by atoms with van der Waals surface area (Å²) in [6.45, 7) is 3.04. The fourth-order valence-electron chi connectivity index (χ4n) is 1.38. The summed E-state index contributed by atoms with van der Waals surface area (Å²) in [5, 5.41) is 7.29. The van der Waals surface area contributed by atoms with Gasteiger partial charge in [-0.3, -0.25) is 9.48 Å². The summed E-state index contributed by atoms with van der Waals surface area (Å²) in [5.74, 6) is 0.258. The topological polar surface area (TPSA) is 72.9 Å². The van der Waals surface area contributed by atoms with Crippen LogP contribution in [-0.2, 0) is 7.05 Å². The SMILES string of the molecule is CCCCCNc1cc(C(N)=O)n(C)n1. The number of hydrogen-bond donors (Lipinski definition) is 2. The summed E-state index contributed by atoms with van der Waals surface area (Å²) < 4.78 is 1.49. The number of aryl methyl sites for hydroxylation is 1. The molecule has 0 fully saturated rings. The van der Waals surface area contributed by atoms with Gasteiger partial charge >= 0.3 is 0 Å². The van der Waals surface area contributed by atoms with Gasteiger partial charge in [0.2, 0.25) is 0 Å². The first-order valence-electron chi connectivity index (χ1n) is 5.23. The van der Waals surface area contributed by atoms with Crippen LogP contribution >= 0.6 is 0 Å². The van der Waals surface area contributed by atoms with E-state index in [-0.39, 0.29) is 0 Å². The third kappa shape index (κ3) is 3.27. The van der Waals surface area contributed by atoms with Gasteiger partial charge in [-0.25, -0.2) is 0 Å². The number of aromatic nitrogens is 2. The Morgan fingerprint density at radius 2 is 2.33 bits per heavy atom. The van der Waals surface area contributed by atoms with Crippen LogP contribution in [0.1, 0.15) is 36.7 Å². The second-order valence-electron chi connectivity index (χ2n) is 3.54. The highest BCUT2D eigenvalue weighted by Gasteiger charge is 2.08. The summed E-state index contributed by atoms with van der Waals surface area (Å²) in [6.07, 6.45) is 3.50. The molecule has 1 rings (SSSR count). The van der Waals surface area contributed by atoms with E-state index in [0.29, 0.717) is 11.5 Å². The average molecular weight is 210 g/mol. The summed E-state index contributed by atoms with van der Waals surface area (Å²) in [4.78, 5) is 10.9. The van der Waals surface area contributed by atoms with Crippen molar-refractivity contribution in [2.75, 3.05) is 11.9 Å². The molecular formula is C10H18N4O. The van der Waals surface area contributed by atoms with Crippen LogP contribution in [-0.4, -0.2) is 22.2 Å². The average Bonchev–Trinajstić information content (AvgIpc) is 2.55. The molecule has 5 nitrogen and oxygen atoms in total. The van der Waals surface area contributed by atoms with Crippen LogP contribution in [0.4, 0.5) is 5.82 Å². The van der Waals surface area contributed by atoms with Crippen molar-refractivity contribution < 1.29 is 4.79 Å². The lowest BCUT2D eigenvalue weighted by Gasteiger charge is -2.00. The number of amides is 1. The molecule has 1 aromatic heterocycles. The maximum absolute atomic E-state index is 10.9. The van der Waals surface area contributed by atoms with Crippen molar-refractivity contribution in [1.29, 1.82) is 0 Å². The molecule has 0 aliphatic carbocycles. The second kappa shape index (κ2) is 5.38. The minimum Gasteiger partial charge on any atom is -0.369 e. The van der Waals surface area contributed by atoms with E-state index >= 15 is 0 Å². The first-order chi connectivity index (χ1) is 7.15. The van der Waals surface area contributed by atoms with E-state index in [1.165, 1.54) is 17.5 Å². The zero-order valence-electron chi connectivity index (χ0n) is 9.29. The quantitative estimate of drug-likeness (QED) is 0.691. The van der Waals surface area contributed by atoms with Crippen molar-refractivity contribution in [2.45, 2.75) is 26.2 Å². The van der Waals surface area contributed by atoms with Crippen LogP contribution in [0.3, 0.4) is 0 Å². The Morgan fingerprint density at radius 1 is 1.60 bits per heavy atom. The normalized spacial score (nSPS) is 10.3. The van der Waals surface area contributed by atoms with E-state index < -0.39 is 5.91 Å². The second-order valence-corrected chi connectivity index (χ2v) is 3.54. The van der Waals surface area contributed by atoms with E-state index in [2.05, 4.69) is 17.3 Å². The monoisotopic (exact) mass is 210 g/mol. The van der Waals surface area contributed by atoms with E-state index in [1.807, 2.05) is 0 Å². The van der Waals surface area contributed by atoms with Crippen molar-refractivity contribution in [2.24, 2.45) is 12.8 Å². The number of unbranched alkanes of at least 4 members (excludes halogenated alkanes) is 2. The van der Waals surface area contributed by atoms with Gasteiger partial charge in [0.1, 0.15) is 11.5 Å². The molecule has 84 valence electrons. The van der Waals surface area contributed by atoms with E-state index in [9.17, 15) is 4.79 Å². The summed E-state index contributed by atoms with van der Waals surface area (Å²) in [6, 6.07) is 1.67. The largest absolute Gasteiger partial charge is 0.369 e. The third-order valence-electron chi connectivity index (χ3n) is 2.22. The molecule has 0 bridgehead atoms. The van der Waals surface area contributed by atoms with Crippen LogP contribution in [0.2, 0.25) is 0 Å². The minimum absolute atomic E-state index is 0.424. The molecule has 0 aliphatic rings. The molecule has 3 N–H and O–H groups in total. The number of primary amides is 1. The van der Waals surface area contributed by atoms with Gasteiger partial charge in [-0.1, -0.05) is 19.8 Å². The van der Waals surface area contributed by atoms with Crippen molar-refractivity contribution in [3.05, 3.63) is 11.8 Å². The predicted molar refractivity (Wildman–Crippen MR) is 59.7 cm³/mol. The zero-order chi connectivity index (χ0) is 11.3. The molecule has 5 heteroatoms. The smallest absolute Gasteiger partial charge is 0.267 e. The highest BCUT2D eigenvalue weighted by molar-refractivity contribution is 5.91. The maximum atomic E-state index is 10.9. The minimum atomic E-state index is -0.452. The van der Waals surface area contributed by atoms with Crippen LogP contribution < -0.4 is 11.1 Å². The van der Waals surface area contributed by atoms with Gasteiger partial charge < -0.3 is 11.1 Å². The number of carbonyl (C=O) groups is 1. The number of rotatable bonds is 6. The van der Waals surface area contributed by atoms with E-state index in [0.717, 1.165) is 13.0 Å². The fourth-order valence-corrected chi connectivity index (χ4v) is 1.38. The number of carbonyl (C=O) groups excluding carboxylic acids is 1. The number of anilines is 1. The maximum Gasteiger partial charge on any atom is 0.267 e. The summed E-state index contributed by atoms with van der Waals surface area (Å²) >= 11 is 0. The molecule has 1 aromatic rings. The standard InChI is InChI=1S/C10H18N4O/c1-3-4-5-6-12-9-7-8(10(11)15)14(2)13-9/h7H,3-6H2,1-2H3,(H2,11,15)(H,12,13). The van der Waals surface area contributed by atoms with Gasteiger partial charge in [-0.2, -0.15) is 5.10 Å². The van der Waals surface area contributed by atoms with Crippen molar-refractivity contribution in [3.8, 4) is 0 Å². The Labute approximate surface area is 89.6 Å². The molecule has 1 amide bonds. The lowest BCUT2D eigenvalue weighted by molar-refractivity contribution is 0.0991. The number of nitrogens with zero attached hydrogens (tertiary/aromatic N) is 2. The lowest BCUT2D eigenvalue weighted by atomic mass is 10.2. The molecule has 1 heterocycles. The number of nitrogens with one attached hydrogen (secondary N) is 1. The van der Waals surface area contributed by atoms with Gasteiger partial charge in [-0.05, 0) is 6.42 Å². The Bertz CT molecular complexity index is 332. The van der Waals surface area contributed by atoms with E-state index in [4.69, 9.17) is 5.73 Å². The molecule has 0 saturated heterocycles. The first kappa shape index (κ1) is 11.6. The Kier molecular flexibility index (Phi) is 4.15. The molecule has 15 heavy (non-hydrogen) atoms. The summed E-state index contributed by atoms with van der Waals surface area (Å²) in [7, 11) is 1.71. The fraction of sp³-hybridized carbons (Fsp3) is 0.600. The van der Waals surface area contributed by atoms with Crippen LogP contribution in [0.25, 0.3) is 0 Å². The zero-order valence-corrected chi connectivity index (χ0v) is 9.29. The summed E-state index contributed by atoms with van der Waals surface area (Å²) in [5.41, 5.74) is 5.60. The number of hydrogen-bond acceptors (Lipinski definition) is 3. The van der Waals surface area contributed by atoms with Gasteiger partial charge in [0.25, 0.3) is 5.91 Å². The van der Waals surface area contributed by atoms with Crippen molar-refractivity contribution in [3.63, 3.8) is 0 Å². The van der Waals surface area contributed by atoms with Gasteiger partial charge in [0, 0.05) is 19.7 Å². The Hall–Kier alpha value is -1.52. The van der Waals surface area contributed by atoms with Crippen LogP contribution in [0.5, 0.6) is 0 Å². The van der Waals surface area contributed by atoms with Gasteiger partial charge in [0.05, 0.1) is 0 Å². The molecule has 0 aliphatic heterocycles. The highest BCUT2D eigenvalue weighted by Crippen LogP contribution is 2.07. The molecule has 0 unspecified atom stereocenters. The van der Waals surface area contributed by atoms with Gasteiger partial charge in [-0.15, -0.1) is 0 Å². The number of nitrogens with two attached hydrogens (primary N) is 1. The van der Waals surface area contributed by atoms with Gasteiger partial charge in [0.15, 0.2) is 0 Å². The van der Waals surface area contributed by atoms with Crippen LogP contribution in [0, 0.1) is 0 Å². The molecule has 0 radical (unpaired) electrons. The molecule has 0 atom stereocenters.